The number of aliphatic hydroxyl groups is 1. The number of carbonyl (C=O) groups excluding carboxylic acids is 1. The molecule has 0 amide bonds. The minimum atomic E-state index is -0.559. The van der Waals surface area contributed by atoms with Crippen LogP contribution in [0, 0.1) is 0 Å². The number of hydrogen-bond acceptors (Lipinski definition) is 4. The largest absolute Gasteiger partial charge is 0.457 e. The average molecular weight is 625 g/mol. The summed E-state index contributed by atoms with van der Waals surface area (Å²) in [4.78, 5) is 12.1. The number of unbranched alkanes of at least 4 members (excludes halogenated alkanes) is 10. The highest BCUT2D eigenvalue weighted by molar-refractivity contribution is 5.69. The average Bonchev–Trinajstić information content (AvgIpc) is 3.05. The van der Waals surface area contributed by atoms with Gasteiger partial charge in [-0.15, -0.1) is 0 Å². The Morgan fingerprint density at radius 3 is 1.51 bits per heavy atom. The molecule has 0 aliphatic heterocycles. The minimum Gasteiger partial charge on any atom is -0.457 e. The highest BCUT2D eigenvalue weighted by Gasteiger charge is 2.13. The maximum atomic E-state index is 12.1. The lowest BCUT2D eigenvalue weighted by molar-refractivity contribution is -0.154. The molecule has 1 atom stereocenters. The van der Waals surface area contributed by atoms with Crippen LogP contribution in [0.15, 0.2) is 85.1 Å². The Morgan fingerprint density at radius 2 is 1.00 bits per heavy atom. The second-order valence-electron chi connectivity index (χ2n) is 11.6. The van der Waals surface area contributed by atoms with Gasteiger partial charge in [-0.1, -0.05) is 137 Å². The van der Waals surface area contributed by atoms with E-state index in [0.29, 0.717) is 13.0 Å². The fourth-order valence-electron chi connectivity index (χ4n) is 4.51. The Bertz CT molecular complexity index is 830. The molecule has 1 N–H and O–H groups in total. The predicted molar refractivity (Wildman–Crippen MR) is 195 cm³/mol. The predicted octanol–water partition coefficient (Wildman–Crippen LogP) is 11.6. The summed E-state index contributed by atoms with van der Waals surface area (Å²) >= 11 is 0. The van der Waals surface area contributed by atoms with Crippen LogP contribution in [-0.2, 0) is 14.3 Å². The Morgan fingerprint density at radius 1 is 0.556 bits per heavy atom. The number of allylic oxidation sites excluding steroid dienone is 14. The van der Waals surface area contributed by atoms with Crippen LogP contribution in [0.1, 0.15) is 142 Å². The molecule has 0 rings (SSSR count). The van der Waals surface area contributed by atoms with Crippen molar-refractivity contribution in [2.24, 2.45) is 0 Å². The van der Waals surface area contributed by atoms with Crippen molar-refractivity contribution in [1.82, 2.24) is 0 Å². The molecule has 0 aromatic carbocycles. The van der Waals surface area contributed by atoms with Crippen LogP contribution in [0.5, 0.6) is 0 Å². The Kier molecular flexibility index (Phi) is 35.7. The molecule has 0 aromatic rings. The highest BCUT2D eigenvalue weighted by atomic mass is 16.6. The van der Waals surface area contributed by atoms with Crippen LogP contribution in [0.3, 0.4) is 0 Å². The number of ether oxygens (including phenoxy) is 2. The molecular formula is C41H68O4. The SMILES string of the molecule is CC/C=C\C/C=C\C/C=C\C/C=C\C/C=C\CCCCCCOCC(CO)OC(=O)CCCCCCC/C=C\C/C=C\CCC. The molecule has 0 fully saturated rings. The number of rotatable bonds is 32. The summed E-state index contributed by atoms with van der Waals surface area (Å²) in [5.74, 6) is -0.230. The summed E-state index contributed by atoms with van der Waals surface area (Å²) in [6.07, 6.45) is 51.9. The van der Waals surface area contributed by atoms with Gasteiger partial charge in [0.25, 0.3) is 0 Å². The number of carbonyl (C=O) groups is 1. The van der Waals surface area contributed by atoms with Crippen molar-refractivity contribution >= 4 is 5.97 Å². The van der Waals surface area contributed by atoms with Crippen LogP contribution in [-0.4, -0.2) is 37.0 Å². The van der Waals surface area contributed by atoms with Crippen molar-refractivity contribution in [1.29, 1.82) is 0 Å². The summed E-state index contributed by atoms with van der Waals surface area (Å²) in [5.41, 5.74) is 0. The van der Waals surface area contributed by atoms with E-state index in [-0.39, 0.29) is 19.2 Å². The van der Waals surface area contributed by atoms with E-state index in [1.165, 1.54) is 38.5 Å². The molecule has 0 radical (unpaired) electrons. The van der Waals surface area contributed by atoms with Crippen LogP contribution in [0.4, 0.5) is 0 Å². The van der Waals surface area contributed by atoms with E-state index in [1.807, 2.05) is 0 Å². The molecule has 1 unspecified atom stereocenters. The van der Waals surface area contributed by atoms with Gasteiger partial charge in [-0.3, -0.25) is 4.79 Å². The van der Waals surface area contributed by atoms with Gasteiger partial charge in [0.1, 0.15) is 6.10 Å². The van der Waals surface area contributed by atoms with Gasteiger partial charge < -0.3 is 14.6 Å². The van der Waals surface area contributed by atoms with Gasteiger partial charge >= 0.3 is 5.97 Å². The quantitative estimate of drug-likeness (QED) is 0.0459. The lowest BCUT2D eigenvalue weighted by Gasteiger charge is -2.15. The molecule has 0 saturated heterocycles. The zero-order chi connectivity index (χ0) is 32.7. The van der Waals surface area contributed by atoms with E-state index >= 15 is 0 Å². The van der Waals surface area contributed by atoms with Gasteiger partial charge in [0.2, 0.25) is 0 Å². The summed E-state index contributed by atoms with van der Waals surface area (Å²) in [6.45, 7) is 5.07. The van der Waals surface area contributed by atoms with E-state index < -0.39 is 6.10 Å². The second kappa shape index (κ2) is 37.8. The van der Waals surface area contributed by atoms with Gasteiger partial charge in [-0.2, -0.15) is 0 Å². The molecule has 0 saturated carbocycles. The second-order valence-corrected chi connectivity index (χ2v) is 11.6. The van der Waals surface area contributed by atoms with Crippen LogP contribution >= 0.6 is 0 Å². The Labute approximate surface area is 278 Å². The summed E-state index contributed by atoms with van der Waals surface area (Å²) in [5, 5.41) is 9.55. The molecule has 0 aliphatic rings. The first-order valence-electron chi connectivity index (χ1n) is 18.2. The van der Waals surface area contributed by atoms with Crippen LogP contribution < -0.4 is 0 Å². The Hall–Kier alpha value is -2.43. The highest BCUT2D eigenvalue weighted by Crippen LogP contribution is 2.10. The fraction of sp³-hybridized carbons (Fsp3) is 0.634. The molecule has 0 aromatic heterocycles. The topological polar surface area (TPSA) is 55.8 Å². The van der Waals surface area contributed by atoms with Gasteiger partial charge in [-0.05, 0) is 83.5 Å². The van der Waals surface area contributed by atoms with E-state index in [4.69, 9.17) is 9.47 Å². The van der Waals surface area contributed by atoms with Crippen molar-refractivity contribution < 1.29 is 19.4 Å². The van der Waals surface area contributed by atoms with Crippen molar-refractivity contribution in [2.75, 3.05) is 19.8 Å². The summed E-state index contributed by atoms with van der Waals surface area (Å²) in [6, 6.07) is 0. The van der Waals surface area contributed by atoms with E-state index in [9.17, 15) is 9.90 Å². The third kappa shape index (κ3) is 35.9. The third-order valence-electron chi connectivity index (χ3n) is 7.19. The van der Waals surface area contributed by atoms with Crippen LogP contribution in [0.2, 0.25) is 0 Å². The van der Waals surface area contributed by atoms with Crippen molar-refractivity contribution in [3.05, 3.63) is 85.1 Å². The zero-order valence-corrected chi connectivity index (χ0v) is 29.1. The molecule has 45 heavy (non-hydrogen) atoms. The molecule has 0 bridgehead atoms. The maximum absolute atomic E-state index is 12.1. The first kappa shape index (κ1) is 42.6. The standard InChI is InChI=1S/C41H68O4/c1-3-5-7-9-11-13-15-17-18-19-20-21-22-23-25-27-29-31-33-35-37-44-39-40(38-42)45-41(43)36-34-32-30-28-26-24-16-14-12-10-8-6-4-2/h5,7-8,10-11,13-14,16-18,20-21,23,25,40,42H,3-4,6,9,12,15,19,22,24,26-39H2,1-2H3/b7-5-,10-8-,13-11-,16-14-,18-17-,21-20-,25-23-. The molecule has 4 nitrogen and oxygen atoms in total. The molecule has 0 heterocycles. The normalized spacial score (nSPS) is 13.4. The van der Waals surface area contributed by atoms with E-state index in [2.05, 4.69) is 98.9 Å². The number of aliphatic hydroxyl groups excluding tert-OH is 1. The number of hydrogen-bond donors (Lipinski definition) is 1. The monoisotopic (exact) mass is 625 g/mol. The van der Waals surface area contributed by atoms with Crippen molar-refractivity contribution in [2.45, 2.75) is 148 Å². The van der Waals surface area contributed by atoms with E-state index in [0.717, 1.165) is 83.5 Å². The first-order chi connectivity index (χ1) is 22.2. The van der Waals surface area contributed by atoms with Gasteiger partial charge in [0.15, 0.2) is 0 Å². The van der Waals surface area contributed by atoms with Crippen molar-refractivity contribution in [3.63, 3.8) is 0 Å². The lowest BCUT2D eigenvalue weighted by Crippen LogP contribution is -2.27. The van der Waals surface area contributed by atoms with Gasteiger partial charge in [0.05, 0.1) is 13.2 Å². The number of esters is 1. The van der Waals surface area contributed by atoms with Crippen LogP contribution in [0.25, 0.3) is 0 Å². The van der Waals surface area contributed by atoms with E-state index in [1.54, 1.807) is 0 Å². The van der Waals surface area contributed by atoms with Crippen molar-refractivity contribution in [3.8, 4) is 0 Å². The summed E-state index contributed by atoms with van der Waals surface area (Å²) < 4.78 is 11.1. The smallest absolute Gasteiger partial charge is 0.306 e. The molecule has 4 heteroatoms. The Balaban J connectivity index is 3.57. The minimum absolute atomic E-state index is 0.194. The fourth-order valence-corrected chi connectivity index (χ4v) is 4.51. The molecule has 256 valence electrons. The lowest BCUT2D eigenvalue weighted by atomic mass is 10.1. The first-order valence-corrected chi connectivity index (χ1v) is 18.2. The molecule has 0 spiro atoms. The maximum Gasteiger partial charge on any atom is 0.306 e. The summed E-state index contributed by atoms with van der Waals surface area (Å²) in [7, 11) is 0. The van der Waals surface area contributed by atoms with Gasteiger partial charge in [-0.25, -0.2) is 0 Å². The zero-order valence-electron chi connectivity index (χ0n) is 29.1. The van der Waals surface area contributed by atoms with Gasteiger partial charge in [0, 0.05) is 13.0 Å². The molecular weight excluding hydrogens is 556 g/mol. The third-order valence-corrected chi connectivity index (χ3v) is 7.19. The molecule has 0 aliphatic carbocycles.